The molecule has 7 nitrogen and oxygen atoms in total. The Morgan fingerprint density at radius 2 is 1.91 bits per heavy atom. The van der Waals surface area contributed by atoms with Gasteiger partial charge in [0.2, 0.25) is 5.91 Å². The first kappa shape index (κ1) is 24.0. The molecule has 3 N–H and O–H groups in total. The molecule has 7 heteroatoms. The fourth-order valence-corrected chi connectivity index (χ4v) is 6.64. The third-order valence-electron chi connectivity index (χ3n) is 8.45. The Morgan fingerprint density at radius 1 is 1.20 bits per heavy atom. The van der Waals surface area contributed by atoms with Crippen molar-refractivity contribution in [2.75, 3.05) is 32.8 Å². The first-order valence-electron chi connectivity index (χ1n) is 12.8. The zero-order valence-corrected chi connectivity index (χ0v) is 20.7. The van der Waals surface area contributed by atoms with Gasteiger partial charge in [-0.1, -0.05) is 37.3 Å². The lowest BCUT2D eigenvalue weighted by Gasteiger charge is -2.46. The van der Waals surface area contributed by atoms with Crippen molar-refractivity contribution in [2.45, 2.75) is 45.4 Å². The van der Waals surface area contributed by atoms with Crippen LogP contribution in [-0.2, 0) is 16.1 Å². The van der Waals surface area contributed by atoms with Crippen LogP contribution in [0.15, 0.2) is 47.7 Å². The van der Waals surface area contributed by atoms with Crippen LogP contribution in [-0.4, -0.2) is 71.6 Å². The van der Waals surface area contributed by atoms with Crippen LogP contribution in [0.3, 0.4) is 0 Å². The summed E-state index contributed by atoms with van der Waals surface area (Å²) in [4.78, 5) is 26.0. The number of aldehydes is 1. The molecule has 4 atom stereocenters. The number of carbonyl (C=O) groups excluding carboxylic acids is 2. The van der Waals surface area contributed by atoms with Crippen molar-refractivity contribution in [1.29, 1.82) is 0 Å². The largest absolute Gasteiger partial charge is 0.489 e. The fourth-order valence-electron chi connectivity index (χ4n) is 6.64. The molecule has 0 aromatic heterocycles. The fraction of sp³-hybridized carbons (Fsp3) is 0.500. The molecule has 2 aromatic carbocycles. The third kappa shape index (κ3) is 3.96. The second kappa shape index (κ2) is 9.37. The van der Waals surface area contributed by atoms with E-state index in [1.807, 2.05) is 19.1 Å². The number of rotatable bonds is 9. The number of hydrogen-bond acceptors (Lipinski definition) is 5. The molecule has 0 saturated carbocycles. The molecule has 2 saturated heterocycles. The molecule has 35 heavy (non-hydrogen) atoms. The second-order valence-electron chi connectivity index (χ2n) is 10.5. The summed E-state index contributed by atoms with van der Waals surface area (Å²) in [6.07, 6.45) is 2.52. The molecule has 5 rings (SSSR count). The monoisotopic (exact) mass is 478 g/mol. The molecule has 1 unspecified atom stereocenters. The molecule has 1 amide bonds. The summed E-state index contributed by atoms with van der Waals surface area (Å²) < 4.78 is 7.36. The van der Waals surface area contributed by atoms with E-state index in [2.05, 4.69) is 24.3 Å². The molecule has 3 heterocycles. The van der Waals surface area contributed by atoms with Crippen molar-refractivity contribution in [1.82, 2.24) is 4.90 Å². The predicted octanol–water partition coefficient (Wildman–Crippen LogP) is 2.60. The van der Waals surface area contributed by atoms with Crippen molar-refractivity contribution < 1.29 is 23.9 Å². The molecule has 2 fully saturated rings. The highest BCUT2D eigenvalue weighted by Gasteiger charge is 2.58. The van der Waals surface area contributed by atoms with Crippen LogP contribution in [0, 0.1) is 11.8 Å². The summed E-state index contributed by atoms with van der Waals surface area (Å²) in [5.41, 5.74) is 8.49. The first-order chi connectivity index (χ1) is 16.9. The summed E-state index contributed by atoms with van der Waals surface area (Å²) >= 11 is 0. The van der Waals surface area contributed by atoms with E-state index in [1.165, 1.54) is 36.9 Å². The van der Waals surface area contributed by atoms with Crippen LogP contribution >= 0.6 is 0 Å². The van der Waals surface area contributed by atoms with Crippen LogP contribution in [0.4, 0.5) is 0 Å². The lowest BCUT2D eigenvalue weighted by atomic mass is 9.78. The molecule has 2 aromatic rings. The summed E-state index contributed by atoms with van der Waals surface area (Å²) in [5.74, 6) is 0.0786. The highest BCUT2D eigenvalue weighted by molar-refractivity contribution is 5.96. The van der Waals surface area contributed by atoms with Crippen LogP contribution in [0.1, 0.15) is 32.3 Å². The minimum Gasteiger partial charge on any atom is -0.489 e. The molecule has 3 aliphatic heterocycles. The molecule has 0 bridgehead atoms. The molecule has 0 spiro atoms. The first-order valence-corrected chi connectivity index (χ1v) is 12.8. The zero-order valence-electron chi connectivity index (χ0n) is 20.7. The number of ether oxygens (including phenoxy) is 1. The topological polar surface area (TPSA) is 92.9 Å². The Bertz CT molecular complexity index is 1170. The minimum absolute atomic E-state index is 0.0474. The van der Waals surface area contributed by atoms with Crippen LogP contribution < -0.4 is 10.5 Å². The number of nitrogens with zero attached hydrogens (tertiary/aromatic N) is 2. The van der Waals surface area contributed by atoms with Crippen molar-refractivity contribution in [3.63, 3.8) is 0 Å². The zero-order chi connectivity index (χ0) is 24.7. The number of quaternary nitrogens is 1. The number of nitrogens with two attached hydrogens (primary N) is 1. The van der Waals surface area contributed by atoms with E-state index >= 15 is 0 Å². The SMILES string of the molecule is C[C@H]1C(COc2cccc3c(C[N+]4(CCN)CCCC4)cccc23)=C(C=O)N2C(=O)[C@H]([C@@H](C)O)C12. The number of allylic oxidation sites excluding steroid dienone is 1. The van der Waals surface area contributed by atoms with Gasteiger partial charge in [-0.05, 0) is 23.9 Å². The number of β-lactam (4-membered cyclic amide) rings is 1. The van der Waals surface area contributed by atoms with E-state index in [-0.39, 0.29) is 24.5 Å². The number of aliphatic hydroxyl groups excluding tert-OH is 1. The van der Waals surface area contributed by atoms with Crippen molar-refractivity contribution in [3.8, 4) is 5.75 Å². The Hall–Kier alpha value is -2.74. The van der Waals surface area contributed by atoms with Crippen LogP contribution in [0.25, 0.3) is 10.8 Å². The van der Waals surface area contributed by atoms with Gasteiger partial charge in [-0.3, -0.25) is 9.59 Å². The van der Waals surface area contributed by atoms with Gasteiger partial charge < -0.3 is 25.0 Å². The van der Waals surface area contributed by atoms with E-state index < -0.39 is 12.0 Å². The highest BCUT2D eigenvalue weighted by Crippen LogP contribution is 2.46. The smallest absolute Gasteiger partial charge is 0.235 e. The average Bonchev–Trinajstić information content (AvgIpc) is 3.38. The molecule has 186 valence electrons. The highest BCUT2D eigenvalue weighted by atomic mass is 16.5. The van der Waals surface area contributed by atoms with Gasteiger partial charge in [-0.25, -0.2) is 0 Å². The van der Waals surface area contributed by atoms with E-state index in [9.17, 15) is 14.7 Å². The number of carbonyl (C=O) groups is 2. The Kier molecular flexibility index (Phi) is 6.42. The van der Waals surface area contributed by atoms with Gasteiger partial charge in [0.05, 0.1) is 43.4 Å². The number of hydrogen-bond donors (Lipinski definition) is 2. The number of fused-ring (bicyclic) bond motifs is 2. The summed E-state index contributed by atoms with van der Waals surface area (Å²) in [6.45, 7) is 8.89. The summed E-state index contributed by atoms with van der Waals surface area (Å²) in [7, 11) is 0. The minimum atomic E-state index is -0.739. The number of amides is 1. The molecule has 0 radical (unpaired) electrons. The Balaban J connectivity index is 1.40. The predicted molar refractivity (Wildman–Crippen MR) is 134 cm³/mol. The lowest BCUT2D eigenvalue weighted by molar-refractivity contribution is -0.928. The standard InChI is InChI=1S/C28H36N3O4/c1-18-23(24(16-32)30-27(18)26(19(2)33)28(30)34)17-35-25-10-6-8-21-20(7-5-9-22(21)25)15-31(14-11-29)12-3-4-13-31/h5-10,16,18-19,26-27,33H,3-4,11-15,17,29H2,1-2H3/q+1/t18-,19+,26+,27?/m0/s1. The van der Waals surface area contributed by atoms with E-state index in [4.69, 9.17) is 10.5 Å². The number of benzene rings is 2. The number of likely N-dealkylation sites (tertiary alicyclic amines) is 1. The normalized spacial score (nSPS) is 26.1. The van der Waals surface area contributed by atoms with E-state index in [0.29, 0.717) is 12.2 Å². The van der Waals surface area contributed by atoms with Crippen LogP contribution in [0.5, 0.6) is 5.75 Å². The van der Waals surface area contributed by atoms with Gasteiger partial charge in [-0.15, -0.1) is 0 Å². The maximum atomic E-state index is 12.6. The van der Waals surface area contributed by atoms with Gasteiger partial charge in [-0.2, -0.15) is 0 Å². The lowest BCUT2D eigenvalue weighted by Crippen LogP contribution is -2.63. The quantitative estimate of drug-likeness (QED) is 0.328. The molecule has 0 aliphatic carbocycles. The summed E-state index contributed by atoms with van der Waals surface area (Å²) in [5, 5.41) is 12.3. The maximum Gasteiger partial charge on any atom is 0.235 e. The van der Waals surface area contributed by atoms with Gasteiger partial charge in [0.1, 0.15) is 18.9 Å². The van der Waals surface area contributed by atoms with Gasteiger partial charge >= 0.3 is 0 Å². The van der Waals surface area contributed by atoms with Crippen molar-refractivity contribution in [3.05, 3.63) is 53.2 Å². The van der Waals surface area contributed by atoms with Gasteiger partial charge in [0, 0.05) is 36.3 Å². The van der Waals surface area contributed by atoms with Crippen molar-refractivity contribution >= 4 is 23.0 Å². The van der Waals surface area contributed by atoms with Crippen LogP contribution in [0.2, 0.25) is 0 Å². The van der Waals surface area contributed by atoms with E-state index in [1.54, 1.807) is 11.8 Å². The molecular formula is C28H36N3O4+. The Morgan fingerprint density at radius 3 is 2.60 bits per heavy atom. The summed E-state index contributed by atoms with van der Waals surface area (Å²) in [6, 6.07) is 12.3. The molecule has 3 aliphatic rings. The van der Waals surface area contributed by atoms with Crippen molar-refractivity contribution in [2.24, 2.45) is 17.6 Å². The second-order valence-corrected chi connectivity index (χ2v) is 10.5. The van der Waals surface area contributed by atoms with Gasteiger partial charge in [0.15, 0.2) is 6.29 Å². The molecular weight excluding hydrogens is 442 g/mol. The van der Waals surface area contributed by atoms with Gasteiger partial charge in [0.25, 0.3) is 0 Å². The van der Waals surface area contributed by atoms with E-state index in [0.717, 1.165) is 40.6 Å². The third-order valence-corrected chi connectivity index (χ3v) is 8.45. The maximum absolute atomic E-state index is 12.6. The number of aliphatic hydroxyl groups is 1. The Labute approximate surface area is 206 Å². The average molecular weight is 479 g/mol.